The van der Waals surface area contributed by atoms with E-state index >= 15 is 0 Å². The van der Waals surface area contributed by atoms with Crippen molar-refractivity contribution in [1.82, 2.24) is 0 Å². The number of aryl methyl sites for hydroxylation is 1. The number of hydrogen-bond donors (Lipinski definition) is 1. The Morgan fingerprint density at radius 2 is 1.19 bits per heavy atom. The lowest BCUT2D eigenvalue weighted by Crippen LogP contribution is -2.41. The number of nitrogens with zero attached hydrogens (tertiary/aromatic N) is 1. The SMILES string of the molecule is Cc1ccc(N(C(=O)c2ccccc2NC(=O)OCc2ccccc2)C(=O)C(c2ccccc2)c2ccccc2)cc1. The number of benzene rings is 5. The van der Waals surface area contributed by atoms with Crippen molar-refractivity contribution in [2.45, 2.75) is 19.4 Å². The lowest BCUT2D eigenvalue weighted by Gasteiger charge is -2.27. The predicted octanol–water partition coefficient (Wildman–Crippen LogP) is 7.75. The van der Waals surface area contributed by atoms with Gasteiger partial charge in [-0.1, -0.05) is 121 Å². The summed E-state index contributed by atoms with van der Waals surface area (Å²) in [5.74, 6) is -1.73. The van der Waals surface area contributed by atoms with Crippen molar-refractivity contribution in [3.63, 3.8) is 0 Å². The van der Waals surface area contributed by atoms with Crippen LogP contribution in [0.25, 0.3) is 0 Å². The van der Waals surface area contributed by atoms with Gasteiger partial charge in [-0.25, -0.2) is 9.69 Å². The molecule has 0 aliphatic heterocycles. The van der Waals surface area contributed by atoms with Gasteiger partial charge in [-0.15, -0.1) is 0 Å². The average molecular weight is 555 g/mol. The van der Waals surface area contributed by atoms with E-state index in [2.05, 4.69) is 5.32 Å². The molecule has 0 aromatic heterocycles. The molecule has 0 atom stereocenters. The Hall–Kier alpha value is -5.49. The fourth-order valence-corrected chi connectivity index (χ4v) is 4.70. The third-order valence-electron chi connectivity index (χ3n) is 6.84. The molecule has 0 aliphatic rings. The Bertz CT molecular complexity index is 1610. The van der Waals surface area contributed by atoms with Crippen molar-refractivity contribution in [3.05, 3.63) is 167 Å². The molecule has 0 heterocycles. The summed E-state index contributed by atoms with van der Waals surface area (Å²) in [6.45, 7) is 2.02. The lowest BCUT2D eigenvalue weighted by atomic mass is 9.89. The summed E-state index contributed by atoms with van der Waals surface area (Å²) < 4.78 is 5.38. The molecule has 3 amide bonds. The zero-order valence-corrected chi connectivity index (χ0v) is 23.1. The molecule has 5 aromatic carbocycles. The van der Waals surface area contributed by atoms with Gasteiger partial charge in [-0.2, -0.15) is 0 Å². The van der Waals surface area contributed by atoms with E-state index in [1.54, 1.807) is 36.4 Å². The van der Waals surface area contributed by atoms with E-state index in [1.165, 1.54) is 4.90 Å². The van der Waals surface area contributed by atoms with Gasteiger partial charge in [0.1, 0.15) is 6.61 Å². The number of imide groups is 1. The quantitative estimate of drug-likeness (QED) is 0.213. The third-order valence-corrected chi connectivity index (χ3v) is 6.84. The van der Waals surface area contributed by atoms with E-state index in [1.807, 2.05) is 110 Å². The van der Waals surface area contributed by atoms with Crippen LogP contribution in [0.15, 0.2) is 140 Å². The van der Waals surface area contributed by atoms with E-state index in [4.69, 9.17) is 4.74 Å². The van der Waals surface area contributed by atoms with Crippen molar-refractivity contribution in [1.29, 1.82) is 0 Å². The highest BCUT2D eigenvalue weighted by molar-refractivity contribution is 6.25. The van der Waals surface area contributed by atoms with Gasteiger partial charge in [0.05, 0.1) is 22.9 Å². The summed E-state index contributed by atoms with van der Waals surface area (Å²) in [6.07, 6.45) is -0.709. The second kappa shape index (κ2) is 13.2. The van der Waals surface area contributed by atoms with Gasteiger partial charge < -0.3 is 4.74 Å². The highest BCUT2D eigenvalue weighted by Crippen LogP contribution is 2.31. The molecule has 0 radical (unpaired) electrons. The van der Waals surface area contributed by atoms with Gasteiger partial charge >= 0.3 is 6.09 Å². The van der Waals surface area contributed by atoms with E-state index in [0.717, 1.165) is 22.3 Å². The van der Waals surface area contributed by atoms with Gasteiger partial charge in [-0.05, 0) is 47.9 Å². The predicted molar refractivity (Wildman–Crippen MR) is 164 cm³/mol. The largest absolute Gasteiger partial charge is 0.444 e. The molecule has 6 heteroatoms. The number of carbonyl (C=O) groups is 3. The molecule has 0 unspecified atom stereocenters. The summed E-state index contributed by atoms with van der Waals surface area (Å²) >= 11 is 0. The normalized spacial score (nSPS) is 10.6. The van der Waals surface area contributed by atoms with Gasteiger partial charge in [0, 0.05) is 0 Å². The minimum atomic E-state index is -0.742. The molecule has 0 fully saturated rings. The standard InChI is InChI=1S/C36H30N2O4/c1-26-21-23-30(24-22-26)38(35(40)33(28-15-7-3-8-16-28)29-17-9-4-10-18-29)34(39)31-19-11-12-20-32(31)37-36(41)42-25-27-13-5-2-6-14-27/h2-24,33H,25H2,1H3,(H,37,41). The fraction of sp³-hybridized carbons (Fsp3) is 0.0833. The lowest BCUT2D eigenvalue weighted by molar-refractivity contribution is -0.118. The van der Waals surface area contributed by atoms with Crippen LogP contribution < -0.4 is 10.2 Å². The molecule has 5 rings (SSSR count). The van der Waals surface area contributed by atoms with E-state index < -0.39 is 23.8 Å². The van der Waals surface area contributed by atoms with E-state index in [9.17, 15) is 14.4 Å². The van der Waals surface area contributed by atoms with Crippen molar-refractivity contribution in [2.24, 2.45) is 0 Å². The van der Waals surface area contributed by atoms with Crippen LogP contribution in [0.4, 0.5) is 16.2 Å². The fourth-order valence-electron chi connectivity index (χ4n) is 4.70. The molecule has 5 aromatic rings. The van der Waals surface area contributed by atoms with Crippen molar-refractivity contribution in [3.8, 4) is 0 Å². The van der Waals surface area contributed by atoms with Crippen LogP contribution in [0.5, 0.6) is 0 Å². The maximum Gasteiger partial charge on any atom is 0.411 e. The summed E-state index contributed by atoms with van der Waals surface area (Å²) in [7, 11) is 0. The number of rotatable bonds is 8. The van der Waals surface area contributed by atoms with Gasteiger partial charge in [0.15, 0.2) is 0 Å². The number of amides is 3. The van der Waals surface area contributed by atoms with E-state index in [-0.39, 0.29) is 17.9 Å². The van der Waals surface area contributed by atoms with Crippen LogP contribution in [-0.2, 0) is 16.1 Å². The maximum absolute atomic E-state index is 14.5. The Labute approximate surface area is 245 Å². The van der Waals surface area contributed by atoms with Gasteiger partial charge in [-0.3, -0.25) is 14.9 Å². The molecule has 42 heavy (non-hydrogen) atoms. The molecule has 6 nitrogen and oxygen atoms in total. The zero-order valence-electron chi connectivity index (χ0n) is 23.1. The average Bonchev–Trinajstić information content (AvgIpc) is 3.03. The van der Waals surface area contributed by atoms with E-state index in [0.29, 0.717) is 5.69 Å². The van der Waals surface area contributed by atoms with Crippen LogP contribution in [0.1, 0.15) is 38.5 Å². The first kappa shape index (κ1) is 28.1. The molecule has 208 valence electrons. The maximum atomic E-state index is 14.5. The molecule has 0 saturated carbocycles. The molecule has 0 spiro atoms. The Balaban J connectivity index is 1.51. The topological polar surface area (TPSA) is 75.7 Å². The smallest absolute Gasteiger partial charge is 0.411 e. The molecular formula is C36H30N2O4. The minimum absolute atomic E-state index is 0.0760. The minimum Gasteiger partial charge on any atom is -0.444 e. The molecular weight excluding hydrogens is 524 g/mol. The summed E-state index contributed by atoms with van der Waals surface area (Å²) in [6, 6.07) is 41.9. The first-order valence-electron chi connectivity index (χ1n) is 13.6. The van der Waals surface area contributed by atoms with Crippen LogP contribution in [0, 0.1) is 6.92 Å². The molecule has 1 N–H and O–H groups in total. The van der Waals surface area contributed by atoms with Crippen LogP contribution in [0.3, 0.4) is 0 Å². The second-order valence-corrected chi connectivity index (χ2v) is 9.80. The molecule has 0 saturated heterocycles. The summed E-state index contributed by atoms with van der Waals surface area (Å²) in [5, 5.41) is 2.69. The number of nitrogens with one attached hydrogen (secondary N) is 1. The Kier molecular flexibility index (Phi) is 8.85. The first-order chi connectivity index (χ1) is 20.5. The molecule has 0 bridgehead atoms. The third kappa shape index (κ3) is 6.62. The van der Waals surface area contributed by atoms with Crippen LogP contribution >= 0.6 is 0 Å². The van der Waals surface area contributed by atoms with Crippen molar-refractivity contribution >= 4 is 29.3 Å². The summed E-state index contributed by atoms with van der Waals surface area (Å²) in [4.78, 5) is 42.8. The van der Waals surface area contributed by atoms with Gasteiger partial charge in [0.2, 0.25) is 5.91 Å². The Morgan fingerprint density at radius 1 is 0.667 bits per heavy atom. The summed E-state index contributed by atoms with van der Waals surface area (Å²) in [5.41, 5.74) is 4.16. The van der Waals surface area contributed by atoms with Crippen LogP contribution in [0.2, 0.25) is 0 Å². The van der Waals surface area contributed by atoms with Crippen molar-refractivity contribution in [2.75, 3.05) is 10.2 Å². The van der Waals surface area contributed by atoms with Gasteiger partial charge in [0.25, 0.3) is 5.91 Å². The number of anilines is 2. The number of para-hydroxylation sites is 1. The number of hydrogen-bond acceptors (Lipinski definition) is 4. The first-order valence-corrected chi connectivity index (χ1v) is 13.6. The highest BCUT2D eigenvalue weighted by atomic mass is 16.5. The van der Waals surface area contributed by atoms with Crippen molar-refractivity contribution < 1.29 is 19.1 Å². The Morgan fingerprint density at radius 3 is 1.79 bits per heavy atom. The number of ether oxygens (including phenoxy) is 1. The monoisotopic (exact) mass is 554 g/mol. The molecule has 0 aliphatic carbocycles. The van der Waals surface area contributed by atoms with Crippen LogP contribution in [-0.4, -0.2) is 17.9 Å². The highest BCUT2D eigenvalue weighted by Gasteiger charge is 2.34. The second-order valence-electron chi connectivity index (χ2n) is 9.80. The zero-order chi connectivity index (χ0) is 29.3. The number of carbonyl (C=O) groups excluding carboxylic acids is 3.